The van der Waals surface area contributed by atoms with Crippen molar-refractivity contribution in [2.75, 3.05) is 29.5 Å². The standard InChI is InChI=1S/C18H21FN4OS/c19-16-3-1-14(2-4-16)12-21-18(24)22-13-15-5-6-20-17(11-15)23-7-9-25-10-8-23/h1-6,11H,7-10,12-13H2,(H2,21,22,24). The van der Waals surface area contributed by atoms with E-state index in [-0.39, 0.29) is 11.8 Å². The predicted molar refractivity (Wildman–Crippen MR) is 99.3 cm³/mol. The van der Waals surface area contributed by atoms with Crippen LogP contribution in [0.1, 0.15) is 11.1 Å². The zero-order chi connectivity index (χ0) is 17.5. The molecule has 25 heavy (non-hydrogen) atoms. The van der Waals surface area contributed by atoms with Gasteiger partial charge < -0.3 is 15.5 Å². The van der Waals surface area contributed by atoms with Gasteiger partial charge in [0.1, 0.15) is 11.6 Å². The number of benzene rings is 1. The van der Waals surface area contributed by atoms with Crippen LogP contribution in [0.4, 0.5) is 15.0 Å². The second kappa shape index (κ2) is 8.71. The Balaban J connectivity index is 1.47. The molecule has 132 valence electrons. The van der Waals surface area contributed by atoms with Crippen molar-refractivity contribution in [2.45, 2.75) is 13.1 Å². The van der Waals surface area contributed by atoms with Crippen LogP contribution in [0, 0.1) is 5.82 Å². The van der Waals surface area contributed by atoms with Crippen LogP contribution in [0.3, 0.4) is 0 Å². The molecule has 0 saturated carbocycles. The highest BCUT2D eigenvalue weighted by atomic mass is 32.2. The van der Waals surface area contributed by atoms with E-state index in [0.717, 1.165) is 41.5 Å². The molecule has 2 amide bonds. The van der Waals surface area contributed by atoms with Crippen LogP contribution in [-0.4, -0.2) is 35.6 Å². The van der Waals surface area contributed by atoms with E-state index < -0.39 is 0 Å². The van der Waals surface area contributed by atoms with Crippen LogP contribution in [-0.2, 0) is 13.1 Å². The van der Waals surface area contributed by atoms with Crippen LogP contribution in [0.15, 0.2) is 42.6 Å². The molecule has 1 fully saturated rings. The SMILES string of the molecule is O=C(NCc1ccc(F)cc1)NCc1ccnc(N2CCSCC2)c1. The number of carbonyl (C=O) groups is 1. The Labute approximate surface area is 151 Å². The van der Waals surface area contributed by atoms with Gasteiger partial charge in [-0.25, -0.2) is 14.2 Å². The molecule has 7 heteroatoms. The maximum atomic E-state index is 12.9. The number of amides is 2. The summed E-state index contributed by atoms with van der Waals surface area (Å²) in [6, 6.07) is 9.75. The molecule has 1 saturated heterocycles. The van der Waals surface area contributed by atoms with Gasteiger partial charge >= 0.3 is 6.03 Å². The molecule has 5 nitrogen and oxygen atoms in total. The molecule has 2 aromatic rings. The molecule has 0 aliphatic carbocycles. The van der Waals surface area contributed by atoms with Gasteiger partial charge in [-0.3, -0.25) is 0 Å². The topological polar surface area (TPSA) is 57.3 Å². The van der Waals surface area contributed by atoms with E-state index in [1.807, 2.05) is 23.9 Å². The fourth-order valence-electron chi connectivity index (χ4n) is 2.57. The van der Waals surface area contributed by atoms with Gasteiger partial charge in [-0.05, 0) is 35.4 Å². The molecule has 0 bridgehead atoms. The molecule has 0 atom stereocenters. The average Bonchev–Trinajstić information content (AvgIpc) is 2.67. The van der Waals surface area contributed by atoms with Gasteiger partial charge in [-0.2, -0.15) is 11.8 Å². The van der Waals surface area contributed by atoms with E-state index in [1.54, 1.807) is 18.3 Å². The Morgan fingerprint density at radius 1 is 1.08 bits per heavy atom. The van der Waals surface area contributed by atoms with Crippen molar-refractivity contribution >= 4 is 23.6 Å². The number of carbonyl (C=O) groups excluding carboxylic acids is 1. The van der Waals surface area contributed by atoms with Crippen LogP contribution in [0.25, 0.3) is 0 Å². The summed E-state index contributed by atoms with van der Waals surface area (Å²) in [6.07, 6.45) is 1.78. The number of hydrogen-bond donors (Lipinski definition) is 2. The van der Waals surface area contributed by atoms with E-state index in [4.69, 9.17) is 0 Å². The number of anilines is 1. The van der Waals surface area contributed by atoms with Gasteiger partial charge in [-0.15, -0.1) is 0 Å². The first kappa shape index (κ1) is 17.5. The van der Waals surface area contributed by atoms with Crippen molar-refractivity contribution in [3.63, 3.8) is 0 Å². The number of rotatable bonds is 5. The summed E-state index contributed by atoms with van der Waals surface area (Å²) in [7, 11) is 0. The zero-order valence-corrected chi connectivity index (χ0v) is 14.7. The number of halogens is 1. The van der Waals surface area contributed by atoms with Gasteiger partial charge in [0.05, 0.1) is 0 Å². The van der Waals surface area contributed by atoms with Crippen molar-refractivity contribution in [2.24, 2.45) is 0 Å². The second-order valence-corrected chi connectivity index (χ2v) is 7.01. The quantitative estimate of drug-likeness (QED) is 0.861. The highest BCUT2D eigenvalue weighted by molar-refractivity contribution is 7.99. The fourth-order valence-corrected chi connectivity index (χ4v) is 3.47. The molecule has 1 aromatic heterocycles. The Hall–Kier alpha value is -2.28. The Morgan fingerprint density at radius 2 is 1.76 bits per heavy atom. The lowest BCUT2D eigenvalue weighted by molar-refractivity contribution is 0.240. The first-order chi connectivity index (χ1) is 12.2. The van der Waals surface area contributed by atoms with Crippen molar-refractivity contribution in [1.29, 1.82) is 0 Å². The number of hydrogen-bond acceptors (Lipinski definition) is 4. The van der Waals surface area contributed by atoms with E-state index in [0.29, 0.717) is 13.1 Å². The maximum Gasteiger partial charge on any atom is 0.315 e. The first-order valence-electron chi connectivity index (χ1n) is 8.24. The molecule has 1 aliphatic rings. The van der Waals surface area contributed by atoms with Crippen LogP contribution < -0.4 is 15.5 Å². The normalized spacial score (nSPS) is 14.2. The fraction of sp³-hybridized carbons (Fsp3) is 0.333. The molecule has 1 aliphatic heterocycles. The molecular weight excluding hydrogens is 339 g/mol. The Kier molecular flexibility index (Phi) is 6.11. The van der Waals surface area contributed by atoms with Gasteiger partial charge in [0.2, 0.25) is 0 Å². The molecular formula is C18H21FN4OS. The first-order valence-corrected chi connectivity index (χ1v) is 9.40. The lowest BCUT2D eigenvalue weighted by atomic mass is 10.2. The maximum absolute atomic E-state index is 12.9. The van der Waals surface area contributed by atoms with E-state index in [9.17, 15) is 9.18 Å². The Bertz CT molecular complexity index is 704. The lowest BCUT2D eigenvalue weighted by Crippen LogP contribution is -2.35. The summed E-state index contributed by atoms with van der Waals surface area (Å²) < 4.78 is 12.9. The van der Waals surface area contributed by atoms with Crippen LogP contribution in [0.2, 0.25) is 0 Å². The highest BCUT2D eigenvalue weighted by Gasteiger charge is 2.12. The number of nitrogens with zero attached hydrogens (tertiary/aromatic N) is 2. The van der Waals surface area contributed by atoms with Crippen molar-refractivity contribution in [3.05, 3.63) is 59.5 Å². The van der Waals surface area contributed by atoms with E-state index in [1.165, 1.54) is 12.1 Å². The molecule has 1 aromatic carbocycles. The molecule has 0 spiro atoms. The predicted octanol–water partition coefficient (Wildman–Crippen LogP) is 2.77. The number of aromatic nitrogens is 1. The second-order valence-electron chi connectivity index (χ2n) is 5.78. The third kappa shape index (κ3) is 5.35. The third-order valence-corrected chi connectivity index (χ3v) is 4.91. The van der Waals surface area contributed by atoms with Gasteiger partial charge in [0.15, 0.2) is 0 Å². The summed E-state index contributed by atoms with van der Waals surface area (Å²) in [4.78, 5) is 18.6. The lowest BCUT2D eigenvalue weighted by Gasteiger charge is -2.27. The minimum atomic E-state index is -0.283. The Morgan fingerprint density at radius 3 is 2.48 bits per heavy atom. The monoisotopic (exact) mass is 360 g/mol. The van der Waals surface area contributed by atoms with Crippen molar-refractivity contribution in [1.82, 2.24) is 15.6 Å². The third-order valence-electron chi connectivity index (χ3n) is 3.96. The highest BCUT2D eigenvalue weighted by Crippen LogP contribution is 2.18. The van der Waals surface area contributed by atoms with Gasteiger partial charge in [-0.1, -0.05) is 12.1 Å². The minimum Gasteiger partial charge on any atom is -0.355 e. The summed E-state index contributed by atoms with van der Waals surface area (Å²) in [6.45, 7) is 2.81. The zero-order valence-electron chi connectivity index (χ0n) is 13.9. The summed E-state index contributed by atoms with van der Waals surface area (Å²) >= 11 is 1.96. The van der Waals surface area contributed by atoms with Gasteiger partial charge in [0, 0.05) is 43.9 Å². The average molecular weight is 360 g/mol. The molecule has 2 N–H and O–H groups in total. The van der Waals surface area contributed by atoms with E-state index in [2.05, 4.69) is 20.5 Å². The van der Waals surface area contributed by atoms with Crippen LogP contribution in [0.5, 0.6) is 0 Å². The van der Waals surface area contributed by atoms with Crippen LogP contribution >= 0.6 is 11.8 Å². The largest absolute Gasteiger partial charge is 0.355 e. The van der Waals surface area contributed by atoms with Crippen molar-refractivity contribution in [3.8, 4) is 0 Å². The summed E-state index contributed by atoms with van der Waals surface area (Å²) in [5, 5.41) is 5.60. The number of thioether (sulfide) groups is 1. The molecule has 0 unspecified atom stereocenters. The van der Waals surface area contributed by atoms with Gasteiger partial charge in [0.25, 0.3) is 0 Å². The number of pyridine rings is 1. The molecule has 2 heterocycles. The summed E-state index contributed by atoms with van der Waals surface area (Å²) in [5.41, 5.74) is 1.87. The minimum absolute atomic E-state index is 0.253. The number of urea groups is 1. The van der Waals surface area contributed by atoms with E-state index >= 15 is 0 Å². The smallest absolute Gasteiger partial charge is 0.315 e. The molecule has 0 radical (unpaired) electrons. The molecule has 3 rings (SSSR count). The van der Waals surface area contributed by atoms with Crippen molar-refractivity contribution < 1.29 is 9.18 Å². The summed E-state index contributed by atoms with van der Waals surface area (Å²) in [5.74, 6) is 2.92. The number of nitrogens with one attached hydrogen (secondary N) is 2.